The summed E-state index contributed by atoms with van der Waals surface area (Å²) >= 11 is 3.55. The molecule has 3 aromatic rings. The molecule has 2 heterocycles. The molecule has 0 aliphatic carbocycles. The van der Waals surface area contributed by atoms with Gasteiger partial charge in [0.25, 0.3) is 5.19 Å². The lowest BCUT2D eigenvalue weighted by molar-refractivity contribution is -0.137. The van der Waals surface area contributed by atoms with Gasteiger partial charge in [0, 0.05) is 9.49 Å². The molecule has 0 N–H and O–H groups in total. The Labute approximate surface area is 147 Å². The lowest BCUT2D eigenvalue weighted by atomic mass is 10.1. The van der Waals surface area contributed by atoms with E-state index in [-0.39, 0.29) is 0 Å². The zero-order chi connectivity index (χ0) is 16.6. The zero-order valence-corrected chi connectivity index (χ0v) is 14.8. The Morgan fingerprint density at radius 2 is 2.00 bits per heavy atom. The molecule has 0 saturated heterocycles. The highest BCUT2D eigenvalue weighted by atomic mass is 127. The van der Waals surface area contributed by atoms with Crippen molar-refractivity contribution in [1.29, 1.82) is 0 Å². The quantitative estimate of drug-likeness (QED) is 0.426. The van der Waals surface area contributed by atoms with E-state index in [1.807, 2.05) is 6.92 Å². The molecule has 1 unspecified atom stereocenters. The fourth-order valence-electron chi connectivity index (χ4n) is 1.90. The maximum atomic E-state index is 12.6. The fourth-order valence-corrected chi connectivity index (χ4v) is 2.82. The number of hydrogen-bond donors (Lipinski definition) is 0. The zero-order valence-electron chi connectivity index (χ0n) is 11.8. The molecule has 9 heteroatoms. The Bertz CT molecular complexity index is 779. The van der Waals surface area contributed by atoms with Gasteiger partial charge in [0.1, 0.15) is 6.61 Å². The predicted octanol–water partition coefficient (Wildman–Crippen LogP) is 4.68. The summed E-state index contributed by atoms with van der Waals surface area (Å²) in [5.74, 6) is 0. The number of nitrogens with zero attached hydrogens (tertiary/aromatic N) is 3. The highest BCUT2D eigenvalue weighted by Gasteiger charge is 2.30. The van der Waals surface area contributed by atoms with Crippen LogP contribution in [0.1, 0.15) is 12.5 Å². The van der Waals surface area contributed by atoms with Crippen LogP contribution >= 0.6 is 33.9 Å². The van der Waals surface area contributed by atoms with Gasteiger partial charge in [0.15, 0.2) is 0 Å². The van der Waals surface area contributed by atoms with E-state index in [1.54, 1.807) is 10.7 Å². The van der Waals surface area contributed by atoms with Crippen LogP contribution in [0.15, 0.2) is 30.5 Å². The number of rotatable bonds is 4. The van der Waals surface area contributed by atoms with Crippen LogP contribution in [0.2, 0.25) is 0 Å². The topological polar surface area (TPSA) is 39.4 Å². The van der Waals surface area contributed by atoms with Crippen molar-refractivity contribution in [2.24, 2.45) is 0 Å². The SMILES string of the molecule is CC(I)COc1nn2cc(-c3ccc(C(F)(F)F)cc3)nc2s1. The van der Waals surface area contributed by atoms with Gasteiger partial charge in [0.05, 0.1) is 17.5 Å². The van der Waals surface area contributed by atoms with Crippen molar-refractivity contribution >= 4 is 38.9 Å². The molecule has 2 aromatic heterocycles. The molecule has 23 heavy (non-hydrogen) atoms. The molecule has 0 aliphatic heterocycles. The average Bonchev–Trinajstić information content (AvgIpc) is 3.02. The van der Waals surface area contributed by atoms with Gasteiger partial charge in [-0.05, 0) is 23.5 Å². The third kappa shape index (κ3) is 3.77. The van der Waals surface area contributed by atoms with Crippen molar-refractivity contribution in [1.82, 2.24) is 14.6 Å². The number of ether oxygens (including phenoxy) is 1. The minimum Gasteiger partial charge on any atom is -0.468 e. The maximum Gasteiger partial charge on any atom is 0.416 e. The Balaban J connectivity index is 1.82. The first-order valence-electron chi connectivity index (χ1n) is 6.63. The Morgan fingerprint density at radius 1 is 1.30 bits per heavy atom. The van der Waals surface area contributed by atoms with Crippen molar-refractivity contribution in [3.8, 4) is 16.5 Å². The molecule has 122 valence electrons. The van der Waals surface area contributed by atoms with E-state index in [9.17, 15) is 13.2 Å². The third-order valence-electron chi connectivity index (χ3n) is 2.97. The van der Waals surface area contributed by atoms with E-state index in [0.717, 1.165) is 12.1 Å². The third-order valence-corrected chi connectivity index (χ3v) is 4.16. The highest BCUT2D eigenvalue weighted by molar-refractivity contribution is 14.1. The molecular formula is C14H11F3IN3OS. The van der Waals surface area contributed by atoms with Gasteiger partial charge >= 0.3 is 6.18 Å². The summed E-state index contributed by atoms with van der Waals surface area (Å²) in [6.07, 6.45) is -2.66. The second-order valence-electron chi connectivity index (χ2n) is 4.89. The summed E-state index contributed by atoms with van der Waals surface area (Å²) in [4.78, 5) is 5.01. The minimum absolute atomic E-state index is 0.367. The Hall–Kier alpha value is -1.36. The van der Waals surface area contributed by atoms with Crippen LogP contribution in [0.5, 0.6) is 5.19 Å². The lowest BCUT2D eigenvalue weighted by Gasteiger charge is -2.06. The molecule has 0 bridgehead atoms. The summed E-state index contributed by atoms with van der Waals surface area (Å²) in [6.45, 7) is 2.59. The number of aromatic nitrogens is 3. The maximum absolute atomic E-state index is 12.6. The summed E-state index contributed by atoms with van der Waals surface area (Å²) in [7, 11) is 0. The molecule has 0 fully saturated rings. The van der Waals surface area contributed by atoms with Crippen molar-refractivity contribution in [3.63, 3.8) is 0 Å². The second kappa shape index (κ2) is 6.27. The van der Waals surface area contributed by atoms with Gasteiger partial charge in [-0.1, -0.05) is 41.6 Å². The van der Waals surface area contributed by atoms with E-state index in [2.05, 4.69) is 32.7 Å². The van der Waals surface area contributed by atoms with E-state index in [0.29, 0.717) is 31.9 Å². The van der Waals surface area contributed by atoms with Crippen LogP contribution in [0, 0.1) is 0 Å². The molecule has 3 rings (SSSR count). The molecule has 0 radical (unpaired) electrons. The smallest absolute Gasteiger partial charge is 0.416 e. The average molecular weight is 453 g/mol. The minimum atomic E-state index is -4.34. The van der Waals surface area contributed by atoms with E-state index in [4.69, 9.17) is 4.74 Å². The monoisotopic (exact) mass is 453 g/mol. The number of fused-ring (bicyclic) bond motifs is 1. The summed E-state index contributed by atoms with van der Waals surface area (Å²) < 4.78 is 45.2. The second-order valence-corrected chi connectivity index (χ2v) is 7.93. The van der Waals surface area contributed by atoms with Gasteiger partial charge in [-0.15, -0.1) is 5.10 Å². The van der Waals surface area contributed by atoms with Gasteiger partial charge in [0.2, 0.25) is 4.96 Å². The molecule has 4 nitrogen and oxygen atoms in total. The standard InChI is InChI=1S/C14H11F3IN3OS/c1-8(18)7-22-13-20-21-6-11(19-12(21)23-13)9-2-4-10(5-3-9)14(15,16)17/h2-6,8H,7H2,1H3. The van der Waals surface area contributed by atoms with E-state index >= 15 is 0 Å². The number of imidazole rings is 1. The highest BCUT2D eigenvalue weighted by Crippen LogP contribution is 2.31. The van der Waals surface area contributed by atoms with Gasteiger partial charge in [-0.25, -0.2) is 9.50 Å². The Morgan fingerprint density at radius 3 is 2.57 bits per heavy atom. The first-order chi connectivity index (χ1) is 10.8. The number of benzene rings is 1. The van der Waals surface area contributed by atoms with E-state index in [1.165, 1.54) is 23.5 Å². The summed E-state index contributed by atoms with van der Waals surface area (Å²) in [5, 5.41) is 4.78. The largest absolute Gasteiger partial charge is 0.468 e. The molecule has 1 aromatic carbocycles. The van der Waals surface area contributed by atoms with E-state index < -0.39 is 11.7 Å². The lowest BCUT2D eigenvalue weighted by Crippen LogP contribution is -2.06. The van der Waals surface area contributed by atoms with Crippen LogP contribution in [-0.2, 0) is 6.18 Å². The molecule has 0 saturated carbocycles. The van der Waals surface area contributed by atoms with Crippen LogP contribution < -0.4 is 4.74 Å². The number of hydrogen-bond acceptors (Lipinski definition) is 4. The van der Waals surface area contributed by atoms with Gasteiger partial charge in [-0.2, -0.15) is 13.2 Å². The van der Waals surface area contributed by atoms with Crippen LogP contribution in [0.4, 0.5) is 13.2 Å². The first-order valence-corrected chi connectivity index (χ1v) is 8.70. The summed E-state index contributed by atoms with van der Waals surface area (Å²) in [5.41, 5.74) is 0.509. The van der Waals surface area contributed by atoms with Crippen LogP contribution in [0.25, 0.3) is 16.2 Å². The van der Waals surface area contributed by atoms with Crippen molar-refractivity contribution < 1.29 is 17.9 Å². The number of alkyl halides is 4. The van der Waals surface area contributed by atoms with Crippen LogP contribution in [0.3, 0.4) is 0 Å². The molecule has 0 aliphatic rings. The Kier molecular flexibility index (Phi) is 4.50. The van der Waals surface area contributed by atoms with Gasteiger partial charge in [-0.3, -0.25) is 0 Å². The van der Waals surface area contributed by atoms with Crippen LogP contribution in [-0.4, -0.2) is 25.1 Å². The van der Waals surface area contributed by atoms with Crippen molar-refractivity contribution in [2.45, 2.75) is 17.0 Å². The predicted molar refractivity (Wildman–Crippen MR) is 90.3 cm³/mol. The molecular weight excluding hydrogens is 442 g/mol. The number of halogens is 4. The summed E-state index contributed by atoms with van der Waals surface area (Å²) in [6, 6.07) is 4.91. The van der Waals surface area contributed by atoms with Crippen molar-refractivity contribution in [3.05, 3.63) is 36.0 Å². The molecule has 0 spiro atoms. The van der Waals surface area contributed by atoms with Crippen molar-refractivity contribution in [2.75, 3.05) is 6.61 Å². The first kappa shape index (κ1) is 16.5. The molecule has 1 atom stereocenters. The molecule has 0 amide bonds. The fraction of sp³-hybridized carbons (Fsp3) is 0.286. The normalized spacial score (nSPS) is 13.4. The van der Waals surface area contributed by atoms with Gasteiger partial charge < -0.3 is 4.74 Å².